The first-order chi connectivity index (χ1) is 10.1. The molecule has 0 spiro atoms. The third kappa shape index (κ3) is 2.21. The van der Waals surface area contributed by atoms with E-state index in [2.05, 4.69) is 5.10 Å². The van der Waals surface area contributed by atoms with Gasteiger partial charge in [0, 0.05) is 17.5 Å². The summed E-state index contributed by atoms with van der Waals surface area (Å²) in [4.78, 5) is 12.8. The summed E-state index contributed by atoms with van der Waals surface area (Å²) in [6.07, 6.45) is 1.45. The molecule has 0 aliphatic carbocycles. The molecule has 1 heterocycles. The predicted octanol–water partition coefficient (Wildman–Crippen LogP) is 4.08. The van der Waals surface area contributed by atoms with Crippen LogP contribution in [0, 0.1) is 5.82 Å². The molecule has 0 aliphatic rings. The first-order valence-corrected chi connectivity index (χ1v) is 6.94. The first kappa shape index (κ1) is 13.8. The lowest BCUT2D eigenvalue weighted by atomic mass is 9.99. The van der Waals surface area contributed by atoms with Crippen LogP contribution in [0.4, 0.5) is 4.39 Å². The van der Waals surface area contributed by atoms with Crippen LogP contribution in [0.15, 0.2) is 42.6 Å². The van der Waals surface area contributed by atoms with Crippen molar-refractivity contribution >= 4 is 28.2 Å². The topological polar surface area (TPSA) is 34.9 Å². The molecule has 2 aromatic carbocycles. The van der Waals surface area contributed by atoms with Crippen LogP contribution < -0.4 is 0 Å². The largest absolute Gasteiger partial charge is 0.287 e. The summed E-state index contributed by atoms with van der Waals surface area (Å²) in [6.45, 7) is 2.41. The number of carbonyl (C=O) groups excluding carboxylic acids is 1. The van der Waals surface area contributed by atoms with Crippen LogP contribution in [0.2, 0.25) is 5.02 Å². The van der Waals surface area contributed by atoms with Gasteiger partial charge in [0.1, 0.15) is 11.5 Å². The maximum atomic E-state index is 13.8. The van der Waals surface area contributed by atoms with Crippen molar-refractivity contribution in [3.05, 3.63) is 64.7 Å². The molecular weight excluding hydrogens is 291 g/mol. The summed E-state index contributed by atoms with van der Waals surface area (Å²) in [6, 6.07) is 9.69. The number of halogens is 2. The van der Waals surface area contributed by atoms with Crippen molar-refractivity contribution in [3.8, 4) is 0 Å². The Morgan fingerprint density at radius 2 is 1.95 bits per heavy atom. The van der Waals surface area contributed by atoms with Crippen molar-refractivity contribution in [3.63, 3.8) is 0 Å². The van der Waals surface area contributed by atoms with Crippen LogP contribution in [-0.2, 0) is 6.54 Å². The number of nitrogens with zero attached hydrogens (tertiary/aromatic N) is 2. The Morgan fingerprint density at radius 1 is 1.24 bits per heavy atom. The Kier molecular flexibility index (Phi) is 3.47. The Hall–Kier alpha value is -2.20. The highest BCUT2D eigenvalue weighted by Crippen LogP contribution is 2.26. The average molecular weight is 303 g/mol. The predicted molar refractivity (Wildman–Crippen MR) is 80.2 cm³/mol. The molecule has 0 aliphatic heterocycles. The van der Waals surface area contributed by atoms with Gasteiger partial charge in [0.15, 0.2) is 0 Å². The molecule has 5 heteroatoms. The molecule has 0 bridgehead atoms. The molecular formula is C16H12ClFN2O. The van der Waals surface area contributed by atoms with Crippen LogP contribution in [0.25, 0.3) is 10.8 Å². The Morgan fingerprint density at radius 3 is 2.67 bits per heavy atom. The smallest absolute Gasteiger partial charge is 0.213 e. The molecule has 0 unspecified atom stereocenters. The zero-order chi connectivity index (χ0) is 15.0. The van der Waals surface area contributed by atoms with Crippen molar-refractivity contribution < 1.29 is 9.18 Å². The third-order valence-electron chi connectivity index (χ3n) is 3.42. The maximum absolute atomic E-state index is 13.8. The Bertz CT molecular complexity index is 841. The van der Waals surface area contributed by atoms with Crippen molar-refractivity contribution in [2.45, 2.75) is 13.5 Å². The molecule has 0 atom stereocenters. The zero-order valence-corrected chi connectivity index (χ0v) is 12.1. The Labute approximate surface area is 126 Å². The molecule has 0 saturated carbocycles. The van der Waals surface area contributed by atoms with Gasteiger partial charge in [0.25, 0.3) is 0 Å². The van der Waals surface area contributed by atoms with E-state index in [0.29, 0.717) is 33.6 Å². The fourth-order valence-corrected chi connectivity index (χ4v) is 2.64. The number of ketones is 1. The minimum atomic E-state index is -0.350. The second kappa shape index (κ2) is 5.30. The summed E-state index contributed by atoms with van der Waals surface area (Å²) in [5.41, 5.74) is 0.750. The first-order valence-electron chi connectivity index (χ1n) is 6.56. The second-order valence-electron chi connectivity index (χ2n) is 4.63. The highest BCUT2D eigenvalue weighted by atomic mass is 35.5. The number of aromatic nitrogens is 2. The highest BCUT2D eigenvalue weighted by molar-refractivity contribution is 6.35. The highest BCUT2D eigenvalue weighted by Gasteiger charge is 2.21. The van der Waals surface area contributed by atoms with Crippen LogP contribution in [-0.4, -0.2) is 15.6 Å². The molecule has 3 aromatic rings. The fraction of sp³-hybridized carbons (Fsp3) is 0.125. The monoisotopic (exact) mass is 302 g/mol. The molecule has 0 fully saturated rings. The molecule has 3 rings (SSSR count). The lowest BCUT2D eigenvalue weighted by molar-refractivity contribution is 0.103. The van der Waals surface area contributed by atoms with Gasteiger partial charge < -0.3 is 0 Å². The minimum absolute atomic E-state index is 0.254. The summed E-state index contributed by atoms with van der Waals surface area (Å²) < 4.78 is 15.4. The molecule has 0 amide bonds. The molecule has 21 heavy (non-hydrogen) atoms. The van der Waals surface area contributed by atoms with Gasteiger partial charge in [-0.3, -0.25) is 9.48 Å². The molecule has 0 radical (unpaired) electrons. The SMILES string of the molecule is CCn1ncc(Cl)c1C(=O)c1ccc(F)c2ccccc12. The van der Waals surface area contributed by atoms with Crippen LogP contribution >= 0.6 is 11.6 Å². The van der Waals surface area contributed by atoms with Gasteiger partial charge >= 0.3 is 0 Å². The van der Waals surface area contributed by atoms with E-state index in [0.717, 1.165) is 0 Å². The number of carbonyl (C=O) groups is 1. The zero-order valence-electron chi connectivity index (χ0n) is 11.3. The van der Waals surface area contributed by atoms with Crippen LogP contribution in [0.1, 0.15) is 23.0 Å². The van der Waals surface area contributed by atoms with E-state index in [1.807, 2.05) is 6.92 Å². The fourth-order valence-electron chi connectivity index (χ4n) is 2.42. The van der Waals surface area contributed by atoms with E-state index < -0.39 is 0 Å². The van der Waals surface area contributed by atoms with Gasteiger partial charge in [-0.25, -0.2) is 4.39 Å². The minimum Gasteiger partial charge on any atom is -0.287 e. The number of hydrogen-bond acceptors (Lipinski definition) is 2. The standard InChI is InChI=1S/C16H12ClFN2O/c1-2-20-15(13(17)9-19-20)16(21)12-7-8-14(18)11-6-4-3-5-10(11)12/h3-9H,2H2,1H3. The van der Waals surface area contributed by atoms with Crippen molar-refractivity contribution in [2.75, 3.05) is 0 Å². The van der Waals surface area contributed by atoms with E-state index in [4.69, 9.17) is 11.6 Å². The van der Waals surface area contributed by atoms with Crippen LogP contribution in [0.5, 0.6) is 0 Å². The van der Waals surface area contributed by atoms with Gasteiger partial charge in [-0.15, -0.1) is 0 Å². The van der Waals surface area contributed by atoms with Crippen molar-refractivity contribution in [2.24, 2.45) is 0 Å². The van der Waals surface area contributed by atoms with E-state index in [1.165, 1.54) is 18.3 Å². The quantitative estimate of drug-likeness (QED) is 0.683. The van der Waals surface area contributed by atoms with Gasteiger partial charge in [-0.1, -0.05) is 35.9 Å². The summed E-state index contributed by atoms with van der Waals surface area (Å²) in [5.74, 6) is -0.604. The van der Waals surface area contributed by atoms with Gasteiger partial charge in [-0.05, 0) is 24.4 Å². The number of hydrogen-bond donors (Lipinski definition) is 0. The maximum Gasteiger partial charge on any atom is 0.213 e. The Balaban J connectivity index is 2.23. The van der Waals surface area contributed by atoms with Gasteiger partial charge in [0.05, 0.1) is 11.2 Å². The number of rotatable bonds is 3. The van der Waals surface area contributed by atoms with E-state index in [-0.39, 0.29) is 11.6 Å². The molecule has 3 nitrogen and oxygen atoms in total. The molecule has 0 N–H and O–H groups in total. The van der Waals surface area contributed by atoms with E-state index >= 15 is 0 Å². The van der Waals surface area contributed by atoms with Crippen molar-refractivity contribution in [1.29, 1.82) is 0 Å². The summed E-state index contributed by atoms with van der Waals surface area (Å²) >= 11 is 6.07. The lowest BCUT2D eigenvalue weighted by Gasteiger charge is -2.08. The normalized spacial score (nSPS) is 11.0. The summed E-state index contributed by atoms with van der Waals surface area (Å²) in [7, 11) is 0. The number of benzene rings is 2. The van der Waals surface area contributed by atoms with Crippen molar-refractivity contribution in [1.82, 2.24) is 9.78 Å². The summed E-state index contributed by atoms with van der Waals surface area (Å²) in [5, 5.41) is 5.36. The number of fused-ring (bicyclic) bond motifs is 1. The third-order valence-corrected chi connectivity index (χ3v) is 3.70. The second-order valence-corrected chi connectivity index (χ2v) is 5.03. The van der Waals surface area contributed by atoms with E-state index in [9.17, 15) is 9.18 Å². The molecule has 106 valence electrons. The van der Waals surface area contributed by atoms with E-state index in [1.54, 1.807) is 28.9 Å². The van der Waals surface area contributed by atoms with Gasteiger partial charge in [-0.2, -0.15) is 5.10 Å². The van der Waals surface area contributed by atoms with Gasteiger partial charge in [0.2, 0.25) is 5.78 Å². The molecule has 0 saturated heterocycles. The van der Waals surface area contributed by atoms with Crippen LogP contribution in [0.3, 0.4) is 0 Å². The molecule has 1 aromatic heterocycles. The number of aryl methyl sites for hydroxylation is 1. The average Bonchev–Trinajstić information content (AvgIpc) is 2.88. The lowest BCUT2D eigenvalue weighted by Crippen LogP contribution is -2.11.